The number of rotatable bonds is 2. The molecule has 1 aromatic rings. The van der Waals surface area contributed by atoms with Crippen LogP contribution < -0.4 is 5.32 Å². The lowest BCUT2D eigenvalue weighted by Gasteiger charge is -2.03. The highest BCUT2D eigenvalue weighted by Gasteiger charge is 2.11. The molecular weight excluding hydrogens is 212 g/mol. The molecule has 16 heavy (non-hydrogen) atoms. The predicted octanol–water partition coefficient (Wildman–Crippen LogP) is 0.268. The molecule has 0 aliphatic rings. The van der Waals surface area contributed by atoms with Gasteiger partial charge in [-0.25, -0.2) is 0 Å². The molecule has 1 rings (SSSR count). The Hall–Kier alpha value is -2.55. The Morgan fingerprint density at radius 1 is 1.31 bits per heavy atom. The van der Waals surface area contributed by atoms with Crippen LogP contribution in [0.2, 0.25) is 0 Å². The number of nitrogens with one attached hydrogen (secondary N) is 1. The van der Waals surface area contributed by atoms with E-state index in [9.17, 15) is 9.59 Å². The minimum absolute atomic E-state index is 0.0154. The van der Waals surface area contributed by atoms with Crippen LogP contribution in [0.25, 0.3) is 0 Å². The van der Waals surface area contributed by atoms with Gasteiger partial charge in [-0.2, -0.15) is 5.26 Å². The van der Waals surface area contributed by atoms with Crippen LogP contribution in [0.5, 0.6) is 11.5 Å². The maximum absolute atomic E-state index is 11.4. The predicted molar refractivity (Wildman–Crippen MR) is 52.5 cm³/mol. The number of imide groups is 1. The maximum atomic E-state index is 11.4. The summed E-state index contributed by atoms with van der Waals surface area (Å²) in [7, 11) is 0. The summed E-state index contributed by atoms with van der Waals surface area (Å²) in [5.41, 5.74) is 0.0154. The molecule has 3 N–H and O–H groups in total. The van der Waals surface area contributed by atoms with Crippen molar-refractivity contribution in [1.29, 1.82) is 5.26 Å². The molecule has 0 spiro atoms. The van der Waals surface area contributed by atoms with E-state index >= 15 is 0 Å². The average Bonchev–Trinajstić information content (AvgIpc) is 2.22. The van der Waals surface area contributed by atoms with Gasteiger partial charge in [0.2, 0.25) is 5.91 Å². The normalized spacial score (nSPS) is 9.19. The van der Waals surface area contributed by atoms with Crippen molar-refractivity contribution in [2.75, 3.05) is 0 Å². The van der Waals surface area contributed by atoms with Gasteiger partial charge in [-0.1, -0.05) is 0 Å². The summed E-state index contributed by atoms with van der Waals surface area (Å²) in [6.07, 6.45) is -0.421. The third-order valence-electron chi connectivity index (χ3n) is 1.73. The summed E-state index contributed by atoms with van der Waals surface area (Å²) < 4.78 is 0. The first-order valence-corrected chi connectivity index (χ1v) is 4.27. The summed E-state index contributed by atoms with van der Waals surface area (Å²) in [6.45, 7) is 0. The molecule has 0 aromatic heterocycles. The molecule has 0 radical (unpaired) electrons. The van der Waals surface area contributed by atoms with Gasteiger partial charge in [0.1, 0.15) is 6.42 Å². The van der Waals surface area contributed by atoms with E-state index < -0.39 is 24.0 Å². The van der Waals surface area contributed by atoms with Gasteiger partial charge in [-0.05, 0) is 18.2 Å². The van der Waals surface area contributed by atoms with Crippen molar-refractivity contribution >= 4 is 11.8 Å². The molecule has 0 saturated carbocycles. The topological polar surface area (TPSA) is 110 Å². The largest absolute Gasteiger partial charge is 0.504 e. The van der Waals surface area contributed by atoms with Crippen LogP contribution in [0, 0.1) is 11.3 Å². The Labute approximate surface area is 90.7 Å². The van der Waals surface area contributed by atoms with Crippen LogP contribution in [0.4, 0.5) is 0 Å². The van der Waals surface area contributed by atoms with Crippen LogP contribution in [-0.4, -0.2) is 22.0 Å². The molecule has 82 valence electrons. The maximum Gasteiger partial charge on any atom is 0.258 e. The molecule has 2 amide bonds. The first kappa shape index (κ1) is 11.5. The lowest BCUT2D eigenvalue weighted by atomic mass is 10.2. The van der Waals surface area contributed by atoms with Crippen molar-refractivity contribution < 1.29 is 19.8 Å². The van der Waals surface area contributed by atoms with Crippen molar-refractivity contribution in [3.05, 3.63) is 23.8 Å². The Balaban J connectivity index is 2.78. The molecule has 0 bridgehead atoms. The van der Waals surface area contributed by atoms with Gasteiger partial charge in [0.15, 0.2) is 11.5 Å². The van der Waals surface area contributed by atoms with E-state index in [2.05, 4.69) is 0 Å². The zero-order valence-electron chi connectivity index (χ0n) is 8.10. The first-order valence-electron chi connectivity index (χ1n) is 4.27. The number of aromatic hydroxyl groups is 2. The number of benzene rings is 1. The van der Waals surface area contributed by atoms with Gasteiger partial charge in [0, 0.05) is 5.56 Å². The molecule has 0 aliphatic heterocycles. The fraction of sp³-hybridized carbons (Fsp3) is 0.100. The van der Waals surface area contributed by atoms with Gasteiger partial charge in [0.05, 0.1) is 6.07 Å². The Morgan fingerprint density at radius 2 is 2.00 bits per heavy atom. The minimum Gasteiger partial charge on any atom is -0.504 e. The SMILES string of the molecule is N#CCC(=O)NC(=O)c1ccc(O)c(O)c1. The summed E-state index contributed by atoms with van der Waals surface area (Å²) >= 11 is 0. The Morgan fingerprint density at radius 3 is 2.56 bits per heavy atom. The molecule has 6 nitrogen and oxygen atoms in total. The van der Waals surface area contributed by atoms with E-state index in [1.807, 2.05) is 5.32 Å². The van der Waals surface area contributed by atoms with Crippen LogP contribution in [0.3, 0.4) is 0 Å². The third-order valence-corrected chi connectivity index (χ3v) is 1.73. The van der Waals surface area contributed by atoms with E-state index in [4.69, 9.17) is 15.5 Å². The summed E-state index contributed by atoms with van der Waals surface area (Å²) in [4.78, 5) is 22.3. The molecule has 1 aromatic carbocycles. The van der Waals surface area contributed by atoms with Crippen LogP contribution in [-0.2, 0) is 4.79 Å². The summed E-state index contributed by atoms with van der Waals surface area (Å²) in [5.74, 6) is -2.28. The van der Waals surface area contributed by atoms with Crippen LogP contribution >= 0.6 is 0 Å². The number of hydrogen-bond acceptors (Lipinski definition) is 5. The highest BCUT2D eigenvalue weighted by Crippen LogP contribution is 2.24. The molecule has 0 unspecified atom stereocenters. The smallest absolute Gasteiger partial charge is 0.258 e. The van der Waals surface area contributed by atoms with E-state index in [-0.39, 0.29) is 11.3 Å². The number of amides is 2. The first-order chi connectivity index (χ1) is 7.54. The van der Waals surface area contributed by atoms with Crippen molar-refractivity contribution in [3.8, 4) is 17.6 Å². The second-order valence-corrected chi connectivity index (χ2v) is 2.92. The number of nitriles is 1. The number of phenolic OH excluding ortho intramolecular Hbond substituents is 2. The summed E-state index contributed by atoms with van der Waals surface area (Å²) in [5, 5.41) is 28.3. The number of nitrogens with zero attached hydrogens (tertiary/aromatic N) is 1. The van der Waals surface area contributed by atoms with Crippen LogP contribution in [0.15, 0.2) is 18.2 Å². The van der Waals surface area contributed by atoms with E-state index in [0.29, 0.717) is 0 Å². The second-order valence-electron chi connectivity index (χ2n) is 2.92. The fourth-order valence-corrected chi connectivity index (χ4v) is 0.979. The summed E-state index contributed by atoms with van der Waals surface area (Å²) in [6, 6.07) is 4.97. The highest BCUT2D eigenvalue weighted by atomic mass is 16.3. The monoisotopic (exact) mass is 220 g/mol. The number of hydrogen-bond donors (Lipinski definition) is 3. The Kier molecular flexibility index (Phi) is 3.45. The van der Waals surface area contributed by atoms with Gasteiger partial charge in [0.25, 0.3) is 5.91 Å². The van der Waals surface area contributed by atoms with Gasteiger partial charge in [-0.3, -0.25) is 14.9 Å². The molecule has 6 heteroatoms. The Bertz CT molecular complexity index is 476. The molecule has 0 saturated heterocycles. The lowest BCUT2D eigenvalue weighted by molar-refractivity contribution is -0.119. The molecule has 0 aliphatic carbocycles. The molecular formula is C10H8N2O4. The van der Waals surface area contributed by atoms with Crippen molar-refractivity contribution in [3.63, 3.8) is 0 Å². The van der Waals surface area contributed by atoms with Crippen molar-refractivity contribution in [1.82, 2.24) is 5.32 Å². The van der Waals surface area contributed by atoms with Crippen LogP contribution in [0.1, 0.15) is 16.8 Å². The number of phenols is 2. The third kappa shape index (κ3) is 2.72. The minimum atomic E-state index is -0.740. The van der Waals surface area contributed by atoms with Gasteiger partial charge in [-0.15, -0.1) is 0 Å². The zero-order valence-corrected chi connectivity index (χ0v) is 8.10. The molecule has 0 fully saturated rings. The van der Waals surface area contributed by atoms with Gasteiger partial charge >= 0.3 is 0 Å². The van der Waals surface area contributed by atoms with E-state index in [1.54, 1.807) is 6.07 Å². The van der Waals surface area contributed by atoms with E-state index in [0.717, 1.165) is 12.1 Å². The fourth-order valence-electron chi connectivity index (χ4n) is 0.979. The number of carbonyl (C=O) groups excluding carboxylic acids is 2. The quantitative estimate of drug-likeness (QED) is 0.619. The molecule has 0 atom stereocenters. The van der Waals surface area contributed by atoms with Gasteiger partial charge < -0.3 is 10.2 Å². The van der Waals surface area contributed by atoms with E-state index in [1.165, 1.54) is 6.07 Å². The second kappa shape index (κ2) is 4.79. The highest BCUT2D eigenvalue weighted by molar-refractivity contribution is 6.05. The average molecular weight is 220 g/mol. The van der Waals surface area contributed by atoms with Crippen molar-refractivity contribution in [2.24, 2.45) is 0 Å². The standard InChI is InChI=1S/C10H8N2O4/c11-4-3-9(15)12-10(16)6-1-2-7(13)8(14)5-6/h1-2,5,13-14H,3H2,(H,12,15,16). The number of carbonyl (C=O) groups is 2. The lowest BCUT2D eigenvalue weighted by Crippen LogP contribution is -2.29. The zero-order chi connectivity index (χ0) is 12.1. The molecule has 0 heterocycles. The van der Waals surface area contributed by atoms with Crippen molar-refractivity contribution in [2.45, 2.75) is 6.42 Å².